The van der Waals surface area contributed by atoms with E-state index in [2.05, 4.69) is 20.9 Å². The number of carbonyl (C=O) groups excluding carboxylic acids is 1. The number of hydrazine groups is 1. The largest absolute Gasteiger partial charge is 0.488 e. The number of halogens is 1. The zero-order chi connectivity index (χ0) is 32.4. The Morgan fingerprint density at radius 1 is 1.09 bits per heavy atom. The van der Waals surface area contributed by atoms with Crippen LogP contribution in [0.2, 0.25) is 0 Å². The number of aromatic nitrogens is 1. The van der Waals surface area contributed by atoms with Crippen molar-refractivity contribution in [3.8, 4) is 17.0 Å². The Bertz CT molecular complexity index is 1660. The molecule has 0 saturated carbocycles. The molecule has 2 saturated heterocycles. The second-order valence-corrected chi connectivity index (χ2v) is 11.0. The Hall–Kier alpha value is -4.83. The molecule has 1 aromatic heterocycles. The lowest BCUT2D eigenvalue weighted by atomic mass is 9.80. The van der Waals surface area contributed by atoms with Gasteiger partial charge >= 0.3 is 11.9 Å². The summed E-state index contributed by atoms with van der Waals surface area (Å²) < 4.78 is 36.5. The highest BCUT2D eigenvalue weighted by molar-refractivity contribution is 5.99. The van der Waals surface area contributed by atoms with Crippen LogP contribution in [0, 0.1) is 5.82 Å². The number of piperazine rings is 1. The number of ether oxygens (including phenoxy) is 3. The van der Waals surface area contributed by atoms with E-state index < -0.39 is 28.9 Å². The summed E-state index contributed by atoms with van der Waals surface area (Å²) >= 11 is 0. The molecule has 4 heterocycles. The van der Waals surface area contributed by atoms with Gasteiger partial charge in [0.05, 0.1) is 37.1 Å². The number of methoxy groups -OCH3 is 1. The summed E-state index contributed by atoms with van der Waals surface area (Å²) in [5.41, 5.74) is 4.54. The number of rotatable bonds is 11. The maximum absolute atomic E-state index is 15.3. The maximum Gasteiger partial charge on any atom is 0.334 e. The summed E-state index contributed by atoms with van der Waals surface area (Å²) in [4.78, 5) is 41.5. The fourth-order valence-electron chi connectivity index (χ4n) is 5.81. The van der Waals surface area contributed by atoms with Crippen LogP contribution in [0.3, 0.4) is 0 Å². The minimum atomic E-state index is -2.00. The van der Waals surface area contributed by atoms with Crippen molar-refractivity contribution in [3.63, 3.8) is 0 Å². The number of aliphatic carboxylic acids is 2. The first kappa shape index (κ1) is 31.2. The molecule has 0 spiro atoms. The molecule has 0 aliphatic carbocycles. The van der Waals surface area contributed by atoms with Gasteiger partial charge in [0, 0.05) is 68.2 Å². The molecule has 0 bridgehead atoms. The number of fused-ring (bicyclic) bond motifs is 1. The summed E-state index contributed by atoms with van der Waals surface area (Å²) in [6.45, 7) is 4.54. The third kappa shape index (κ3) is 5.80. The number of nitrogens with zero attached hydrogens (tertiary/aromatic N) is 3. The van der Waals surface area contributed by atoms with Crippen molar-refractivity contribution >= 4 is 23.5 Å². The fourth-order valence-corrected chi connectivity index (χ4v) is 5.81. The van der Waals surface area contributed by atoms with E-state index in [0.29, 0.717) is 36.3 Å². The van der Waals surface area contributed by atoms with E-state index >= 15 is 4.39 Å². The van der Waals surface area contributed by atoms with Gasteiger partial charge in [-0.1, -0.05) is 17.3 Å². The predicted octanol–water partition coefficient (Wildman–Crippen LogP) is 1.93. The molecular weight excluding hydrogens is 605 g/mol. The number of hydrogen-bond acceptors (Lipinski definition) is 11. The Morgan fingerprint density at radius 2 is 1.83 bits per heavy atom. The zero-order valence-corrected chi connectivity index (χ0v) is 24.8. The molecule has 2 aromatic carbocycles. The molecule has 3 aromatic rings. The van der Waals surface area contributed by atoms with E-state index in [1.807, 2.05) is 4.90 Å². The molecule has 1 amide bonds. The smallest absolute Gasteiger partial charge is 0.334 e. The highest BCUT2D eigenvalue weighted by Gasteiger charge is 2.51. The molecule has 3 aliphatic heterocycles. The Labute approximate surface area is 262 Å². The van der Waals surface area contributed by atoms with E-state index in [0.717, 1.165) is 32.4 Å². The minimum Gasteiger partial charge on any atom is -0.488 e. The number of carbonyl (C=O) groups is 3. The van der Waals surface area contributed by atoms with Crippen molar-refractivity contribution in [1.82, 2.24) is 20.4 Å². The molecule has 4 N–H and O–H groups in total. The number of hydrogen-bond donors (Lipinski definition) is 4. The standard InChI is InChI=1S/C31H32FN5O9/c1-43-10-11-45-26-14-25-21(12-23(26)32)31(35-33-25,22(30(41)42)13-28(38)39)27-15-24(34-46-27)18-2-4-19(5-3-18)29(40)37-8-6-36(7-9-37)20-16-44-17-20/h2-5,12-15,20,33,35H,6-11,16-17H2,1H3,(H,38,39)(H,41,42)/b22-13+. The van der Waals surface area contributed by atoms with Gasteiger partial charge in [0.2, 0.25) is 0 Å². The van der Waals surface area contributed by atoms with Gasteiger partial charge in [-0.05, 0) is 18.2 Å². The topological polar surface area (TPSA) is 176 Å². The van der Waals surface area contributed by atoms with Gasteiger partial charge in [-0.2, -0.15) is 0 Å². The van der Waals surface area contributed by atoms with Crippen LogP contribution in [-0.4, -0.2) is 109 Å². The SMILES string of the molecule is COCCOc1cc2c(cc1F)C(/C(=C/C(=O)O)C(=O)O)(c1cc(-c3ccc(C(=O)N4CCN(C5COC5)CC4)cc3)no1)NN2. The average molecular weight is 638 g/mol. The maximum atomic E-state index is 15.3. The summed E-state index contributed by atoms with van der Waals surface area (Å²) in [6, 6.07) is 10.9. The molecule has 3 aliphatic rings. The van der Waals surface area contributed by atoms with Crippen LogP contribution >= 0.6 is 0 Å². The number of nitrogens with one attached hydrogen (secondary N) is 2. The van der Waals surface area contributed by atoms with Crippen LogP contribution in [-0.2, 0) is 24.6 Å². The van der Waals surface area contributed by atoms with E-state index in [4.69, 9.17) is 18.7 Å². The molecule has 6 rings (SSSR count). The minimum absolute atomic E-state index is 0.0348. The van der Waals surface area contributed by atoms with Gasteiger partial charge in [-0.15, -0.1) is 0 Å². The molecule has 15 heteroatoms. The van der Waals surface area contributed by atoms with Crippen LogP contribution in [0.4, 0.5) is 10.1 Å². The molecule has 1 atom stereocenters. The summed E-state index contributed by atoms with van der Waals surface area (Å²) in [5.74, 6) is -4.28. The highest BCUT2D eigenvalue weighted by Crippen LogP contribution is 2.47. The zero-order valence-electron chi connectivity index (χ0n) is 24.8. The Kier molecular flexibility index (Phi) is 8.73. The first-order valence-electron chi connectivity index (χ1n) is 14.6. The van der Waals surface area contributed by atoms with E-state index in [9.17, 15) is 24.6 Å². The predicted molar refractivity (Wildman–Crippen MR) is 159 cm³/mol. The third-order valence-corrected chi connectivity index (χ3v) is 8.35. The summed E-state index contributed by atoms with van der Waals surface area (Å²) in [5, 5.41) is 23.8. The fraction of sp³-hybridized carbons (Fsp3) is 0.355. The van der Waals surface area contributed by atoms with E-state index in [1.54, 1.807) is 24.3 Å². The summed E-state index contributed by atoms with van der Waals surface area (Å²) in [6.07, 6.45) is 0.509. The number of anilines is 1. The third-order valence-electron chi connectivity index (χ3n) is 8.35. The average Bonchev–Trinajstić information content (AvgIpc) is 3.65. The number of carboxylic acids is 2. The Morgan fingerprint density at radius 3 is 2.46 bits per heavy atom. The van der Waals surface area contributed by atoms with Gasteiger partial charge in [-0.25, -0.2) is 19.4 Å². The number of carboxylic acid groups (broad SMARTS) is 2. The van der Waals surface area contributed by atoms with Crippen LogP contribution in [0.25, 0.3) is 11.3 Å². The molecule has 14 nitrogen and oxygen atoms in total. The van der Waals surface area contributed by atoms with Crippen LogP contribution in [0.5, 0.6) is 5.75 Å². The first-order valence-corrected chi connectivity index (χ1v) is 14.6. The second-order valence-electron chi connectivity index (χ2n) is 11.0. The van der Waals surface area contributed by atoms with Crippen molar-refractivity contribution in [2.45, 2.75) is 11.6 Å². The molecule has 46 heavy (non-hydrogen) atoms. The van der Waals surface area contributed by atoms with Gasteiger partial charge in [0.15, 0.2) is 22.9 Å². The van der Waals surface area contributed by atoms with Crippen molar-refractivity contribution in [2.75, 3.05) is 65.1 Å². The van der Waals surface area contributed by atoms with E-state index in [1.165, 1.54) is 19.2 Å². The van der Waals surface area contributed by atoms with Gasteiger partial charge in [0.25, 0.3) is 5.91 Å². The lowest BCUT2D eigenvalue weighted by Gasteiger charge is -2.42. The molecule has 0 radical (unpaired) electrons. The lowest BCUT2D eigenvalue weighted by Crippen LogP contribution is -2.57. The van der Waals surface area contributed by atoms with Gasteiger partial charge < -0.3 is 39.3 Å². The molecular formula is C31H32FN5O9. The van der Waals surface area contributed by atoms with Crippen LogP contribution in [0.1, 0.15) is 21.7 Å². The number of amides is 1. The normalized spacial score (nSPS) is 20.1. The molecule has 2 fully saturated rings. The van der Waals surface area contributed by atoms with Crippen molar-refractivity contribution < 1.29 is 47.7 Å². The quantitative estimate of drug-likeness (QED) is 0.177. The molecule has 242 valence electrons. The number of benzene rings is 2. The second kappa shape index (κ2) is 12.9. The first-order chi connectivity index (χ1) is 22.2. The van der Waals surface area contributed by atoms with Crippen LogP contribution < -0.4 is 15.6 Å². The molecule has 1 unspecified atom stereocenters. The Balaban J connectivity index is 1.28. The lowest BCUT2D eigenvalue weighted by molar-refractivity contribution is -0.135. The van der Waals surface area contributed by atoms with Crippen molar-refractivity contribution in [3.05, 3.63) is 76.8 Å². The summed E-state index contributed by atoms with van der Waals surface area (Å²) in [7, 11) is 1.47. The van der Waals surface area contributed by atoms with Crippen molar-refractivity contribution in [2.24, 2.45) is 0 Å². The van der Waals surface area contributed by atoms with E-state index in [-0.39, 0.29) is 47.6 Å². The van der Waals surface area contributed by atoms with Gasteiger partial charge in [0.1, 0.15) is 12.3 Å². The monoisotopic (exact) mass is 637 g/mol. The van der Waals surface area contributed by atoms with Crippen molar-refractivity contribution in [1.29, 1.82) is 0 Å². The van der Waals surface area contributed by atoms with Crippen LogP contribution in [0.15, 0.2) is 58.6 Å². The van der Waals surface area contributed by atoms with Gasteiger partial charge in [-0.3, -0.25) is 9.69 Å². The highest BCUT2D eigenvalue weighted by atomic mass is 19.1.